The molecule has 3 aliphatic heterocycles. The van der Waals surface area contributed by atoms with Gasteiger partial charge in [0.15, 0.2) is 11.6 Å². The summed E-state index contributed by atoms with van der Waals surface area (Å²) in [5.74, 6) is 2.76. The van der Waals surface area contributed by atoms with Crippen molar-refractivity contribution in [2.45, 2.75) is 12.8 Å². The van der Waals surface area contributed by atoms with Gasteiger partial charge in [-0.15, -0.1) is 0 Å². The van der Waals surface area contributed by atoms with Crippen LogP contribution >= 0.6 is 0 Å². The monoisotopic (exact) mass is 175 g/mol. The second kappa shape index (κ2) is 2.45. The number of nitrogens with zero attached hydrogens (tertiary/aromatic N) is 3. The van der Waals surface area contributed by atoms with Crippen LogP contribution in [-0.2, 0) is 4.74 Å². The molecule has 0 unspecified atom stereocenters. The third kappa shape index (κ3) is 0.915. The van der Waals surface area contributed by atoms with Crippen LogP contribution in [0.25, 0.3) is 0 Å². The van der Waals surface area contributed by atoms with Crippen molar-refractivity contribution in [3.05, 3.63) is 23.7 Å². The summed E-state index contributed by atoms with van der Waals surface area (Å²) in [7, 11) is 0. The van der Waals surface area contributed by atoms with Crippen LogP contribution in [0.5, 0.6) is 0 Å². The van der Waals surface area contributed by atoms with Crippen molar-refractivity contribution in [3.8, 4) is 0 Å². The molecule has 3 heterocycles. The van der Waals surface area contributed by atoms with Gasteiger partial charge in [-0.05, 0) is 6.42 Å². The molecule has 0 saturated carbocycles. The first-order chi connectivity index (χ1) is 6.45. The van der Waals surface area contributed by atoms with Crippen LogP contribution < -0.4 is 0 Å². The third-order valence-corrected chi connectivity index (χ3v) is 2.29. The molecular formula is C9H9N3O. The van der Waals surface area contributed by atoms with Crippen molar-refractivity contribution in [1.82, 2.24) is 4.90 Å². The van der Waals surface area contributed by atoms with Gasteiger partial charge in [0.05, 0.1) is 6.54 Å². The Bertz CT molecular complexity index is 365. The first-order valence-electron chi connectivity index (χ1n) is 4.38. The highest BCUT2D eigenvalue weighted by molar-refractivity contribution is 5.67. The maximum Gasteiger partial charge on any atom is 0.173 e. The van der Waals surface area contributed by atoms with E-state index < -0.39 is 0 Å². The van der Waals surface area contributed by atoms with Crippen LogP contribution in [0.1, 0.15) is 12.8 Å². The summed E-state index contributed by atoms with van der Waals surface area (Å²) in [6, 6.07) is 0. The largest absolute Gasteiger partial charge is 0.462 e. The highest BCUT2D eigenvalue weighted by atomic mass is 16.5. The first kappa shape index (κ1) is 6.88. The summed E-state index contributed by atoms with van der Waals surface area (Å²) in [4.78, 5) is 10.6. The quantitative estimate of drug-likeness (QED) is 0.555. The Labute approximate surface area is 75.9 Å². The molecule has 0 aliphatic carbocycles. The van der Waals surface area contributed by atoms with E-state index in [1.54, 1.807) is 6.26 Å². The third-order valence-electron chi connectivity index (χ3n) is 2.29. The van der Waals surface area contributed by atoms with Crippen molar-refractivity contribution in [1.29, 1.82) is 0 Å². The van der Waals surface area contributed by atoms with E-state index in [2.05, 4.69) is 14.9 Å². The average molecular weight is 175 g/mol. The molecule has 0 fully saturated rings. The zero-order chi connectivity index (χ0) is 8.67. The normalized spacial score (nSPS) is 24.0. The van der Waals surface area contributed by atoms with Crippen LogP contribution in [0.3, 0.4) is 0 Å². The lowest BCUT2D eigenvalue weighted by Crippen LogP contribution is -2.24. The predicted molar refractivity (Wildman–Crippen MR) is 49.1 cm³/mol. The van der Waals surface area contributed by atoms with Crippen LogP contribution in [0.2, 0.25) is 0 Å². The zero-order valence-electron chi connectivity index (χ0n) is 7.10. The Balaban J connectivity index is 2.02. The topological polar surface area (TPSA) is 37.2 Å². The summed E-state index contributed by atoms with van der Waals surface area (Å²) in [5, 5.41) is 0. The standard InChI is InChI=1S/C9H9N3O/c1-2-7-9(11-3-1)12-5-4-10-8(12)6-13-7/h3-4,6H,1-2,5H2. The van der Waals surface area contributed by atoms with Gasteiger partial charge >= 0.3 is 0 Å². The minimum absolute atomic E-state index is 0.811. The van der Waals surface area contributed by atoms with Crippen molar-refractivity contribution >= 4 is 12.4 Å². The smallest absolute Gasteiger partial charge is 0.173 e. The molecule has 3 aliphatic rings. The molecule has 0 aromatic heterocycles. The molecule has 0 aromatic carbocycles. The van der Waals surface area contributed by atoms with E-state index in [1.807, 2.05) is 12.4 Å². The second-order valence-electron chi connectivity index (χ2n) is 3.11. The molecule has 0 bridgehead atoms. The van der Waals surface area contributed by atoms with E-state index in [0.29, 0.717) is 0 Å². The van der Waals surface area contributed by atoms with Gasteiger partial charge in [-0.2, -0.15) is 0 Å². The van der Waals surface area contributed by atoms with Crippen LogP contribution in [0, 0.1) is 0 Å². The number of aliphatic imine (C=N–C) groups is 2. The maximum absolute atomic E-state index is 5.44. The van der Waals surface area contributed by atoms with Gasteiger partial charge in [-0.25, -0.2) is 9.98 Å². The zero-order valence-corrected chi connectivity index (χ0v) is 7.10. The molecular weight excluding hydrogens is 166 g/mol. The summed E-state index contributed by atoms with van der Waals surface area (Å²) < 4.78 is 5.44. The van der Waals surface area contributed by atoms with Crippen LogP contribution in [0.4, 0.5) is 0 Å². The molecule has 0 radical (unpaired) electrons. The molecule has 4 heteroatoms. The fourth-order valence-electron chi connectivity index (χ4n) is 1.65. The van der Waals surface area contributed by atoms with E-state index in [9.17, 15) is 0 Å². The Hall–Kier alpha value is -1.58. The molecule has 0 atom stereocenters. The summed E-state index contributed by atoms with van der Waals surface area (Å²) in [5.41, 5.74) is 0. The van der Waals surface area contributed by atoms with Gasteiger partial charge in [0.2, 0.25) is 0 Å². The van der Waals surface area contributed by atoms with E-state index in [0.717, 1.165) is 36.8 Å². The minimum Gasteiger partial charge on any atom is -0.462 e. The van der Waals surface area contributed by atoms with Crippen LogP contribution in [-0.4, -0.2) is 23.9 Å². The number of rotatable bonds is 0. The molecule has 13 heavy (non-hydrogen) atoms. The fourth-order valence-corrected chi connectivity index (χ4v) is 1.65. The van der Waals surface area contributed by atoms with Gasteiger partial charge in [-0.1, -0.05) is 0 Å². The molecule has 4 nitrogen and oxygen atoms in total. The first-order valence-corrected chi connectivity index (χ1v) is 4.38. The SMILES string of the molecule is C1=NC2=COC3=C(N=CCC3)N2C1. The molecule has 66 valence electrons. The Morgan fingerprint density at radius 1 is 1.31 bits per heavy atom. The highest BCUT2D eigenvalue weighted by Gasteiger charge is 2.26. The highest BCUT2D eigenvalue weighted by Crippen LogP contribution is 2.30. The summed E-state index contributed by atoms with van der Waals surface area (Å²) in [6.45, 7) is 0.811. The molecule has 0 N–H and O–H groups in total. The van der Waals surface area contributed by atoms with E-state index in [1.165, 1.54) is 0 Å². The van der Waals surface area contributed by atoms with Gasteiger partial charge in [0.1, 0.15) is 12.0 Å². The molecule has 0 saturated heterocycles. The van der Waals surface area contributed by atoms with Crippen molar-refractivity contribution in [2.24, 2.45) is 9.98 Å². The molecule has 0 aromatic rings. The predicted octanol–water partition coefficient (Wildman–Crippen LogP) is 1.24. The Kier molecular flexibility index (Phi) is 1.30. The van der Waals surface area contributed by atoms with Gasteiger partial charge in [0, 0.05) is 18.9 Å². The number of ether oxygens (including phenoxy) is 1. The number of allylic oxidation sites excluding steroid dienone is 1. The average Bonchev–Trinajstić information content (AvgIpc) is 2.65. The molecule has 0 amide bonds. The number of hydrogen-bond acceptors (Lipinski definition) is 4. The van der Waals surface area contributed by atoms with Crippen molar-refractivity contribution < 1.29 is 4.74 Å². The minimum atomic E-state index is 0.811. The molecule has 3 rings (SSSR count). The molecule has 0 spiro atoms. The summed E-state index contributed by atoms with van der Waals surface area (Å²) in [6.07, 6.45) is 7.41. The van der Waals surface area contributed by atoms with Crippen LogP contribution in [0.15, 0.2) is 33.6 Å². The van der Waals surface area contributed by atoms with Gasteiger partial charge in [-0.3, -0.25) is 0 Å². The van der Waals surface area contributed by atoms with Gasteiger partial charge in [0.25, 0.3) is 0 Å². The summed E-state index contributed by atoms with van der Waals surface area (Å²) >= 11 is 0. The fraction of sp³-hybridized carbons (Fsp3) is 0.333. The lowest BCUT2D eigenvalue weighted by molar-refractivity contribution is 0.266. The number of hydrogen-bond donors (Lipinski definition) is 0. The Morgan fingerprint density at radius 2 is 2.31 bits per heavy atom. The van der Waals surface area contributed by atoms with E-state index >= 15 is 0 Å². The lowest BCUT2D eigenvalue weighted by atomic mass is 10.2. The second-order valence-corrected chi connectivity index (χ2v) is 3.11. The Morgan fingerprint density at radius 3 is 3.31 bits per heavy atom. The van der Waals surface area contributed by atoms with Crippen molar-refractivity contribution in [2.75, 3.05) is 6.54 Å². The van der Waals surface area contributed by atoms with Crippen molar-refractivity contribution in [3.63, 3.8) is 0 Å². The van der Waals surface area contributed by atoms with E-state index in [4.69, 9.17) is 4.74 Å². The maximum atomic E-state index is 5.44. The number of fused-ring (bicyclic) bond motifs is 2. The lowest BCUT2D eigenvalue weighted by Gasteiger charge is -2.26. The van der Waals surface area contributed by atoms with Gasteiger partial charge < -0.3 is 9.64 Å². The van der Waals surface area contributed by atoms with E-state index in [-0.39, 0.29) is 0 Å².